The van der Waals surface area contributed by atoms with Gasteiger partial charge in [0.15, 0.2) is 0 Å². The van der Waals surface area contributed by atoms with Crippen LogP contribution in [0.25, 0.3) is 79.0 Å². The number of hydrogen-bond acceptors (Lipinski definition) is 3. The highest BCUT2D eigenvalue weighted by Crippen LogP contribution is 2.49. The zero-order valence-corrected chi connectivity index (χ0v) is 29.7. The summed E-state index contributed by atoms with van der Waals surface area (Å²) in [6, 6.07) is 66.7. The number of para-hydroxylation sites is 2. The van der Waals surface area contributed by atoms with Gasteiger partial charge in [0.25, 0.3) is 0 Å². The molecule has 3 heterocycles. The predicted octanol–water partition coefficient (Wildman–Crippen LogP) is 14.7. The molecule has 8 aromatic carbocycles. The fourth-order valence-corrected chi connectivity index (χ4v) is 10.5. The van der Waals surface area contributed by atoms with Crippen molar-refractivity contribution in [2.75, 3.05) is 4.90 Å². The van der Waals surface area contributed by atoms with Gasteiger partial charge >= 0.3 is 0 Å². The number of anilines is 3. The van der Waals surface area contributed by atoms with E-state index in [4.69, 9.17) is 0 Å². The van der Waals surface area contributed by atoms with Gasteiger partial charge < -0.3 is 9.47 Å². The van der Waals surface area contributed by atoms with E-state index in [1.54, 1.807) is 0 Å². The first-order valence-corrected chi connectivity index (χ1v) is 19.2. The Balaban J connectivity index is 1.23. The Morgan fingerprint density at radius 1 is 0.404 bits per heavy atom. The lowest BCUT2D eigenvalue weighted by molar-refractivity contribution is 1.18. The topological polar surface area (TPSA) is 8.17 Å². The van der Waals surface area contributed by atoms with Crippen molar-refractivity contribution in [3.8, 4) is 16.8 Å². The van der Waals surface area contributed by atoms with Gasteiger partial charge in [-0.1, -0.05) is 121 Å². The third-order valence-corrected chi connectivity index (χ3v) is 12.7. The Kier molecular flexibility index (Phi) is 6.63. The summed E-state index contributed by atoms with van der Waals surface area (Å²) < 4.78 is 7.61. The fraction of sp³-hybridized carbons (Fsp3) is 0. The maximum atomic E-state index is 2.49. The smallest absolute Gasteiger partial charge is 0.0561 e. The third-order valence-electron chi connectivity index (χ3n) is 10.4. The quantitative estimate of drug-likeness (QED) is 0.174. The summed E-state index contributed by atoms with van der Waals surface area (Å²) in [7, 11) is 0. The lowest BCUT2D eigenvalue weighted by atomic mass is 10.00. The van der Waals surface area contributed by atoms with Crippen molar-refractivity contribution in [3.05, 3.63) is 182 Å². The highest BCUT2D eigenvalue weighted by atomic mass is 32.1. The van der Waals surface area contributed by atoms with Gasteiger partial charge in [0.1, 0.15) is 0 Å². The van der Waals surface area contributed by atoms with E-state index in [9.17, 15) is 0 Å². The van der Waals surface area contributed by atoms with Gasteiger partial charge in [-0.15, -0.1) is 22.7 Å². The molecule has 0 unspecified atom stereocenters. The predicted molar refractivity (Wildman–Crippen MR) is 227 cm³/mol. The molecular formula is C48H30N2S2. The minimum absolute atomic E-state index is 1.12. The van der Waals surface area contributed by atoms with Crippen molar-refractivity contribution in [2.45, 2.75) is 0 Å². The number of hydrogen-bond donors (Lipinski definition) is 0. The van der Waals surface area contributed by atoms with E-state index < -0.39 is 0 Å². The molecule has 0 radical (unpaired) electrons. The van der Waals surface area contributed by atoms with E-state index in [-0.39, 0.29) is 0 Å². The second kappa shape index (κ2) is 11.7. The van der Waals surface area contributed by atoms with Crippen LogP contribution < -0.4 is 4.90 Å². The van der Waals surface area contributed by atoms with Gasteiger partial charge in [-0.25, -0.2) is 0 Å². The zero-order chi connectivity index (χ0) is 34.2. The molecule has 0 atom stereocenters. The van der Waals surface area contributed by atoms with Crippen LogP contribution in [-0.4, -0.2) is 4.57 Å². The van der Waals surface area contributed by atoms with Gasteiger partial charge in [-0.3, -0.25) is 0 Å². The van der Waals surface area contributed by atoms with E-state index in [0.29, 0.717) is 0 Å². The Morgan fingerprint density at radius 3 is 1.81 bits per heavy atom. The molecule has 4 heteroatoms. The first-order valence-electron chi connectivity index (χ1n) is 17.6. The summed E-state index contributed by atoms with van der Waals surface area (Å²) >= 11 is 3.75. The number of nitrogens with zero attached hydrogens (tertiary/aromatic N) is 2. The molecule has 3 aromatic heterocycles. The molecule has 0 saturated carbocycles. The largest absolute Gasteiger partial charge is 0.310 e. The summed E-state index contributed by atoms with van der Waals surface area (Å²) in [5, 5.41) is 7.67. The Labute approximate surface area is 308 Å². The number of thiophene rings is 2. The van der Waals surface area contributed by atoms with Crippen molar-refractivity contribution in [1.29, 1.82) is 0 Å². The molecule has 0 aliphatic rings. The molecular weight excluding hydrogens is 669 g/mol. The molecule has 0 N–H and O–H groups in total. The van der Waals surface area contributed by atoms with Crippen molar-refractivity contribution >= 4 is 102 Å². The van der Waals surface area contributed by atoms with Crippen molar-refractivity contribution in [2.24, 2.45) is 0 Å². The van der Waals surface area contributed by atoms with Gasteiger partial charge in [0.05, 0.1) is 16.7 Å². The molecule has 244 valence electrons. The van der Waals surface area contributed by atoms with Crippen molar-refractivity contribution < 1.29 is 0 Å². The minimum Gasteiger partial charge on any atom is -0.310 e. The maximum absolute atomic E-state index is 2.49. The van der Waals surface area contributed by atoms with E-state index in [1.165, 1.54) is 79.0 Å². The molecule has 52 heavy (non-hydrogen) atoms. The number of aromatic nitrogens is 1. The summed E-state index contributed by atoms with van der Waals surface area (Å²) in [5.41, 5.74) is 9.49. The Morgan fingerprint density at radius 2 is 1.00 bits per heavy atom. The van der Waals surface area contributed by atoms with Crippen LogP contribution in [0.1, 0.15) is 0 Å². The fourth-order valence-electron chi connectivity index (χ4n) is 8.08. The molecule has 2 nitrogen and oxygen atoms in total. The van der Waals surface area contributed by atoms with Crippen LogP contribution in [-0.2, 0) is 0 Å². The molecule has 0 saturated heterocycles. The van der Waals surface area contributed by atoms with Crippen LogP contribution in [0.2, 0.25) is 0 Å². The van der Waals surface area contributed by atoms with Crippen LogP contribution in [0.3, 0.4) is 0 Å². The lowest BCUT2D eigenvalue weighted by Gasteiger charge is -2.27. The summed E-state index contributed by atoms with van der Waals surface area (Å²) in [4.78, 5) is 2.49. The summed E-state index contributed by atoms with van der Waals surface area (Å²) in [6.07, 6.45) is 0. The second-order valence-electron chi connectivity index (χ2n) is 13.3. The number of benzene rings is 8. The minimum atomic E-state index is 1.12. The van der Waals surface area contributed by atoms with Gasteiger partial charge in [0, 0.05) is 68.2 Å². The average Bonchev–Trinajstić information content (AvgIpc) is 3.88. The van der Waals surface area contributed by atoms with Crippen LogP contribution in [0.4, 0.5) is 17.1 Å². The average molecular weight is 699 g/mol. The molecule has 0 aliphatic heterocycles. The molecule has 11 rings (SSSR count). The van der Waals surface area contributed by atoms with Gasteiger partial charge in [-0.2, -0.15) is 0 Å². The third kappa shape index (κ3) is 4.48. The van der Waals surface area contributed by atoms with Crippen LogP contribution in [0.5, 0.6) is 0 Å². The van der Waals surface area contributed by atoms with Gasteiger partial charge in [0.2, 0.25) is 0 Å². The maximum Gasteiger partial charge on any atom is 0.0561 e. The molecule has 0 spiro atoms. The Bertz CT molecular complexity index is 3130. The molecule has 11 aromatic rings. The molecule has 0 fully saturated rings. The zero-order valence-electron chi connectivity index (χ0n) is 28.0. The first-order chi connectivity index (χ1) is 25.8. The van der Waals surface area contributed by atoms with E-state index in [0.717, 1.165) is 17.1 Å². The van der Waals surface area contributed by atoms with Gasteiger partial charge in [-0.05, 0) is 71.8 Å². The van der Waals surface area contributed by atoms with E-state index >= 15 is 0 Å². The van der Waals surface area contributed by atoms with Crippen molar-refractivity contribution in [3.63, 3.8) is 0 Å². The normalized spacial score (nSPS) is 11.8. The van der Waals surface area contributed by atoms with Crippen LogP contribution in [0.15, 0.2) is 182 Å². The monoisotopic (exact) mass is 698 g/mol. The standard InChI is InChI=1S/C48H30N2S2/c1-3-13-31(14-4-1)35-27-28-42(47-40-19-9-12-22-45(40)52-48(35)47)49(34-24-26-39-38-18-8-11-21-44(38)51-46(39)30-34)33-23-25-37-36-17-7-10-20-41(36)50(43(37)29-33)32-15-5-2-6-16-32/h1-30H. The van der Waals surface area contributed by atoms with Crippen LogP contribution >= 0.6 is 22.7 Å². The van der Waals surface area contributed by atoms with E-state index in [2.05, 4.69) is 191 Å². The van der Waals surface area contributed by atoms with E-state index in [1.807, 2.05) is 22.7 Å². The number of fused-ring (bicyclic) bond motifs is 9. The van der Waals surface area contributed by atoms with Crippen molar-refractivity contribution in [1.82, 2.24) is 4.57 Å². The first kappa shape index (κ1) is 29.5. The van der Waals surface area contributed by atoms with Crippen LogP contribution in [0, 0.1) is 0 Å². The molecule has 0 amide bonds. The second-order valence-corrected chi connectivity index (χ2v) is 15.4. The summed E-state index contributed by atoms with van der Waals surface area (Å²) in [5.74, 6) is 0. The highest BCUT2D eigenvalue weighted by molar-refractivity contribution is 7.26. The highest BCUT2D eigenvalue weighted by Gasteiger charge is 2.23. The SMILES string of the molecule is c1ccc(-c2ccc(N(c3ccc4c(c3)sc3ccccc34)c3ccc4c5ccccc5n(-c5ccccc5)c4c3)c3c2sc2ccccc23)cc1. The lowest BCUT2D eigenvalue weighted by Crippen LogP contribution is -2.10. The Hall–Kier alpha value is -6.20. The molecule has 0 aliphatic carbocycles. The summed E-state index contributed by atoms with van der Waals surface area (Å²) in [6.45, 7) is 0. The number of rotatable bonds is 5. The molecule has 0 bridgehead atoms.